The first-order valence-corrected chi connectivity index (χ1v) is 27.9. The van der Waals surface area contributed by atoms with Crippen molar-refractivity contribution in [2.45, 2.75) is 221 Å². The molecule has 382 valence electrons. The lowest BCUT2D eigenvalue weighted by molar-refractivity contribution is 0.396. The smallest absolute Gasteiger partial charge is 0.252 e. The van der Waals surface area contributed by atoms with E-state index >= 15 is 0 Å². The van der Waals surface area contributed by atoms with E-state index in [0.29, 0.717) is 0 Å². The average molecular weight is 969 g/mol. The number of hydrogen-bond donors (Lipinski definition) is 0. The fourth-order valence-corrected chi connectivity index (χ4v) is 14.4. The summed E-state index contributed by atoms with van der Waals surface area (Å²) in [6.45, 7) is 55.7. The molecule has 3 heteroatoms. The van der Waals surface area contributed by atoms with E-state index in [1.807, 2.05) is 0 Å². The van der Waals surface area contributed by atoms with Crippen molar-refractivity contribution in [3.05, 3.63) is 147 Å². The van der Waals surface area contributed by atoms with Crippen LogP contribution in [0.3, 0.4) is 0 Å². The first kappa shape index (κ1) is 51.5. The number of hydrogen-bond acceptors (Lipinski definition) is 2. The summed E-state index contributed by atoms with van der Waals surface area (Å²) in [7, 11) is 0. The molecular weight excluding hydrogens is 880 g/mol. The van der Waals surface area contributed by atoms with Crippen molar-refractivity contribution in [2.75, 3.05) is 9.80 Å². The summed E-state index contributed by atoms with van der Waals surface area (Å²) >= 11 is 0. The quantitative estimate of drug-likeness (QED) is 0.163. The third kappa shape index (κ3) is 8.27. The van der Waals surface area contributed by atoms with Gasteiger partial charge in [0.15, 0.2) is 0 Å². The van der Waals surface area contributed by atoms with Gasteiger partial charge in [0.2, 0.25) is 0 Å². The van der Waals surface area contributed by atoms with Gasteiger partial charge in [-0.05, 0) is 188 Å². The predicted octanol–water partition coefficient (Wildman–Crippen LogP) is 17.8. The van der Waals surface area contributed by atoms with Gasteiger partial charge < -0.3 is 9.80 Å². The highest BCUT2D eigenvalue weighted by atomic mass is 15.2. The molecule has 0 bridgehead atoms. The fourth-order valence-electron chi connectivity index (χ4n) is 14.4. The van der Waals surface area contributed by atoms with Gasteiger partial charge in [0, 0.05) is 34.1 Å². The molecule has 10 rings (SSSR count). The minimum absolute atomic E-state index is 0.00699. The number of anilines is 6. The molecule has 0 aromatic heterocycles. The van der Waals surface area contributed by atoms with E-state index in [-0.39, 0.29) is 55.4 Å². The van der Waals surface area contributed by atoms with Gasteiger partial charge in [0.05, 0.1) is 0 Å². The number of rotatable bonds is 3. The Morgan fingerprint density at radius 2 is 0.781 bits per heavy atom. The van der Waals surface area contributed by atoms with E-state index in [9.17, 15) is 0 Å². The van der Waals surface area contributed by atoms with Crippen LogP contribution in [0.25, 0.3) is 11.1 Å². The number of fused-ring (bicyclic) bond motifs is 6. The van der Waals surface area contributed by atoms with E-state index in [1.54, 1.807) is 22.3 Å². The molecule has 0 unspecified atom stereocenters. The summed E-state index contributed by atoms with van der Waals surface area (Å²) in [6.07, 6.45) is 2.23. The Kier molecular flexibility index (Phi) is 11.1. The summed E-state index contributed by atoms with van der Waals surface area (Å²) in [5.74, 6) is 0. The topological polar surface area (TPSA) is 6.48 Å². The third-order valence-corrected chi connectivity index (χ3v) is 17.9. The molecule has 0 N–H and O–H groups in total. The van der Waals surface area contributed by atoms with Gasteiger partial charge in [-0.15, -0.1) is 0 Å². The van der Waals surface area contributed by atoms with Gasteiger partial charge in [-0.25, -0.2) is 0 Å². The van der Waals surface area contributed by atoms with Crippen molar-refractivity contribution in [2.24, 2.45) is 0 Å². The Hall–Kier alpha value is -5.02. The van der Waals surface area contributed by atoms with Gasteiger partial charge in [-0.2, -0.15) is 0 Å². The molecule has 6 aromatic carbocycles. The summed E-state index contributed by atoms with van der Waals surface area (Å²) in [5, 5.41) is 0. The number of benzene rings is 6. The Bertz CT molecular complexity index is 3160. The standard InChI is InChI=1S/C70H89BN2/c1-62(2,3)43-24-28-48(29-25-43)72-54-31-27-44(63(4,5)6)37-53(54)71-52-30-26-45(64(7,8)9)38-55(52)73(49-35-46(65(10,11)12)34-47(36-49)66(13,14)15)57-33-42(32-56(72)61(57)71)58-59-50(67(16,17)40-69(59,20)21)39-51-60(58)70(22,23)41-68(51,18)19/h24-39H,40-41H2,1-23H3. The summed E-state index contributed by atoms with van der Waals surface area (Å²) in [4.78, 5) is 5.40. The second kappa shape index (κ2) is 15.8. The second-order valence-electron chi connectivity index (χ2n) is 31.1. The Labute approximate surface area is 443 Å². The van der Waals surface area contributed by atoms with Crippen LogP contribution >= 0.6 is 0 Å². The van der Waals surface area contributed by atoms with E-state index in [1.165, 1.54) is 89.5 Å². The minimum atomic E-state index is -0.0636. The molecule has 0 fully saturated rings. The van der Waals surface area contributed by atoms with Gasteiger partial charge in [-0.3, -0.25) is 0 Å². The largest absolute Gasteiger partial charge is 0.311 e. The van der Waals surface area contributed by atoms with Crippen LogP contribution in [0, 0.1) is 0 Å². The lowest BCUT2D eigenvalue weighted by Gasteiger charge is -2.46. The van der Waals surface area contributed by atoms with Crippen molar-refractivity contribution < 1.29 is 0 Å². The first-order valence-electron chi connectivity index (χ1n) is 27.9. The van der Waals surface area contributed by atoms with Gasteiger partial charge >= 0.3 is 0 Å². The van der Waals surface area contributed by atoms with Crippen LogP contribution in [-0.2, 0) is 48.7 Å². The highest BCUT2D eigenvalue weighted by Gasteiger charge is 2.52. The maximum atomic E-state index is 2.74. The van der Waals surface area contributed by atoms with Crippen molar-refractivity contribution >= 4 is 57.2 Å². The molecule has 6 aromatic rings. The second-order valence-corrected chi connectivity index (χ2v) is 31.1. The van der Waals surface area contributed by atoms with Crippen LogP contribution in [0.5, 0.6) is 0 Å². The van der Waals surface area contributed by atoms with Crippen molar-refractivity contribution in [3.63, 3.8) is 0 Å². The van der Waals surface area contributed by atoms with Crippen molar-refractivity contribution in [3.8, 4) is 11.1 Å². The summed E-state index contributed by atoms with van der Waals surface area (Å²) < 4.78 is 0. The molecule has 2 nitrogen and oxygen atoms in total. The van der Waals surface area contributed by atoms with Gasteiger partial charge in [0.1, 0.15) is 0 Å². The maximum absolute atomic E-state index is 2.74. The SMILES string of the molecule is CC(C)(C)c1ccc(N2c3ccc(C(C)(C)C)cc3B3c4ccc(C(C)(C)C)cc4N(c4cc(C(C)(C)C)cc(C(C)(C)C)c4)c4cc(-c5c6c(cc7c5C(C)(C)CC7(C)C)C(C)(C)CC6(C)C)cc2c43)cc1. The van der Waals surface area contributed by atoms with Gasteiger partial charge in [0.25, 0.3) is 6.71 Å². The van der Waals surface area contributed by atoms with E-state index < -0.39 is 0 Å². The summed E-state index contributed by atoms with van der Waals surface area (Å²) in [5.41, 5.74) is 27.4. The van der Waals surface area contributed by atoms with Crippen molar-refractivity contribution in [1.82, 2.24) is 0 Å². The molecule has 0 spiro atoms. The molecule has 0 radical (unpaired) electrons. The minimum Gasteiger partial charge on any atom is -0.311 e. The zero-order chi connectivity index (χ0) is 53.5. The average Bonchev–Trinajstić information content (AvgIpc) is 3.57. The predicted molar refractivity (Wildman–Crippen MR) is 321 cm³/mol. The highest BCUT2D eigenvalue weighted by molar-refractivity contribution is 7.00. The molecule has 4 aliphatic rings. The van der Waals surface area contributed by atoms with Crippen LogP contribution in [-0.4, -0.2) is 6.71 Å². The van der Waals surface area contributed by atoms with E-state index in [2.05, 4.69) is 266 Å². The molecular formula is C70H89BN2. The van der Waals surface area contributed by atoms with Crippen molar-refractivity contribution in [1.29, 1.82) is 0 Å². The normalized spacial score (nSPS) is 18.3. The van der Waals surface area contributed by atoms with Crippen LogP contribution in [0.4, 0.5) is 34.1 Å². The third-order valence-electron chi connectivity index (χ3n) is 17.9. The van der Waals surface area contributed by atoms with Crippen LogP contribution in [0.1, 0.15) is 222 Å². The molecule has 0 atom stereocenters. The van der Waals surface area contributed by atoms with Crippen LogP contribution in [0.2, 0.25) is 0 Å². The lowest BCUT2D eigenvalue weighted by Crippen LogP contribution is -2.61. The summed E-state index contributed by atoms with van der Waals surface area (Å²) in [6, 6.07) is 40.2. The molecule has 2 aliphatic carbocycles. The molecule has 73 heavy (non-hydrogen) atoms. The number of nitrogens with zero attached hydrogens (tertiary/aromatic N) is 2. The maximum Gasteiger partial charge on any atom is 0.252 e. The molecule has 2 heterocycles. The molecule has 0 saturated heterocycles. The zero-order valence-electron chi connectivity index (χ0n) is 49.6. The Morgan fingerprint density at radius 3 is 1.25 bits per heavy atom. The first-order chi connectivity index (χ1) is 33.3. The fraction of sp³-hybridized carbons (Fsp3) is 0.486. The lowest BCUT2D eigenvalue weighted by atomic mass is 9.33. The van der Waals surface area contributed by atoms with Gasteiger partial charge in [-0.1, -0.05) is 208 Å². The molecule has 0 saturated carbocycles. The monoisotopic (exact) mass is 969 g/mol. The zero-order valence-corrected chi connectivity index (χ0v) is 49.6. The van der Waals surface area contributed by atoms with E-state index in [0.717, 1.165) is 12.8 Å². The Morgan fingerprint density at radius 1 is 0.356 bits per heavy atom. The molecule has 0 amide bonds. The van der Waals surface area contributed by atoms with E-state index in [4.69, 9.17) is 0 Å². The highest BCUT2D eigenvalue weighted by Crippen LogP contribution is 2.62. The van der Waals surface area contributed by atoms with Crippen LogP contribution < -0.4 is 26.2 Å². The molecule has 2 aliphatic heterocycles. The van der Waals surface area contributed by atoms with Crippen LogP contribution in [0.15, 0.2) is 97.1 Å². The Balaban J connectivity index is 1.44.